The molecule has 8 nitrogen and oxygen atoms in total. The molecule has 0 aromatic carbocycles. The third-order valence-corrected chi connectivity index (χ3v) is 7.01. The summed E-state index contributed by atoms with van der Waals surface area (Å²) in [5.41, 5.74) is 0.620. The largest absolute Gasteiger partial charge is 0.395 e. The molecule has 2 aromatic heterocycles. The molecule has 3 N–H and O–H groups in total. The number of nitrogens with one attached hydrogen (secondary N) is 2. The molecule has 2 aliphatic carbocycles. The van der Waals surface area contributed by atoms with Gasteiger partial charge in [-0.1, -0.05) is 0 Å². The summed E-state index contributed by atoms with van der Waals surface area (Å²) in [7, 11) is 2.00. The molecule has 0 spiro atoms. The predicted molar refractivity (Wildman–Crippen MR) is 118 cm³/mol. The van der Waals surface area contributed by atoms with Crippen LogP contribution < -0.4 is 10.2 Å². The molecule has 5 rings (SSSR count). The highest BCUT2D eigenvalue weighted by Crippen LogP contribution is 2.48. The fourth-order valence-electron chi connectivity index (χ4n) is 4.74. The van der Waals surface area contributed by atoms with E-state index in [1.165, 1.54) is 0 Å². The Hall–Kier alpha value is -2.40. The van der Waals surface area contributed by atoms with Crippen LogP contribution in [0.3, 0.4) is 0 Å². The first-order valence-electron chi connectivity index (χ1n) is 11.7. The molecule has 0 radical (unpaired) electrons. The summed E-state index contributed by atoms with van der Waals surface area (Å²) in [4.78, 5) is 13.1. The number of nitrogens with zero attached hydrogens (tertiary/aromatic N) is 5. The van der Waals surface area contributed by atoms with Gasteiger partial charge < -0.3 is 20.2 Å². The Morgan fingerprint density at radius 3 is 2.55 bits per heavy atom. The first-order chi connectivity index (χ1) is 15.8. The van der Waals surface area contributed by atoms with Crippen LogP contribution in [0.2, 0.25) is 0 Å². The highest BCUT2D eigenvalue weighted by atomic mass is 19.3. The second-order valence-electron chi connectivity index (χ2n) is 9.56. The third-order valence-electron chi connectivity index (χ3n) is 7.01. The van der Waals surface area contributed by atoms with Crippen molar-refractivity contribution in [1.29, 1.82) is 0 Å². The molecule has 1 aliphatic heterocycles. The van der Waals surface area contributed by atoms with E-state index in [2.05, 4.69) is 30.4 Å². The summed E-state index contributed by atoms with van der Waals surface area (Å²) in [5, 5.41) is 19.1. The van der Waals surface area contributed by atoms with Gasteiger partial charge in [-0.15, -0.1) is 0 Å². The summed E-state index contributed by atoms with van der Waals surface area (Å²) in [5.74, 6) is -1.81. The van der Waals surface area contributed by atoms with Crippen molar-refractivity contribution < 1.29 is 18.3 Å². The summed E-state index contributed by atoms with van der Waals surface area (Å²) in [6.07, 6.45) is 3.29. The Labute approximate surface area is 190 Å². The molecule has 180 valence electrons. The Morgan fingerprint density at radius 2 is 1.91 bits per heavy atom. The van der Waals surface area contributed by atoms with E-state index in [-0.39, 0.29) is 37.1 Å². The lowest BCUT2D eigenvalue weighted by Crippen LogP contribution is -2.44. The number of H-pyrrole nitrogens is 1. The van der Waals surface area contributed by atoms with E-state index in [4.69, 9.17) is 0 Å². The minimum atomic E-state index is -2.61. The van der Waals surface area contributed by atoms with Crippen molar-refractivity contribution in [3.63, 3.8) is 0 Å². The lowest BCUT2D eigenvalue weighted by Gasteiger charge is -2.37. The van der Waals surface area contributed by atoms with Crippen molar-refractivity contribution in [2.45, 2.75) is 62.3 Å². The van der Waals surface area contributed by atoms with Gasteiger partial charge in [-0.05, 0) is 32.7 Å². The van der Waals surface area contributed by atoms with Crippen molar-refractivity contribution >= 4 is 17.5 Å². The van der Waals surface area contributed by atoms with E-state index in [0.717, 1.165) is 25.7 Å². The van der Waals surface area contributed by atoms with Gasteiger partial charge in [-0.25, -0.2) is 18.7 Å². The normalized spacial score (nSPS) is 21.5. The van der Waals surface area contributed by atoms with Gasteiger partial charge in [0, 0.05) is 62.1 Å². The molecule has 0 bridgehead atoms. The molecule has 0 atom stereocenters. The number of aromatic amines is 1. The summed E-state index contributed by atoms with van der Waals surface area (Å²) >= 11 is 0. The fourth-order valence-corrected chi connectivity index (χ4v) is 4.74. The number of halogens is 3. The number of alkyl halides is 2. The van der Waals surface area contributed by atoms with Gasteiger partial charge in [0.25, 0.3) is 0 Å². The smallest absolute Gasteiger partial charge is 0.249 e. The Kier molecular flexibility index (Phi) is 5.94. The lowest BCUT2D eigenvalue weighted by molar-refractivity contribution is -0.0876. The van der Waals surface area contributed by atoms with Crippen LogP contribution in [0.1, 0.15) is 61.9 Å². The molecular formula is C22H30F3N7O. The first kappa shape index (κ1) is 22.4. The Morgan fingerprint density at radius 1 is 1.18 bits per heavy atom. The summed E-state index contributed by atoms with van der Waals surface area (Å²) in [6.45, 7) is 2.08. The van der Waals surface area contributed by atoms with Gasteiger partial charge in [0.1, 0.15) is 5.82 Å². The summed E-state index contributed by atoms with van der Waals surface area (Å²) in [6, 6.07) is 2.00. The number of likely N-dealkylation sites (N-methyl/N-ethyl adjacent to an activating group) is 1. The molecule has 33 heavy (non-hydrogen) atoms. The van der Waals surface area contributed by atoms with Crippen LogP contribution in [-0.4, -0.2) is 75.4 Å². The third kappa shape index (κ3) is 4.79. The minimum absolute atomic E-state index is 0.0680. The van der Waals surface area contributed by atoms with Crippen LogP contribution in [0, 0.1) is 5.82 Å². The van der Waals surface area contributed by atoms with Crippen molar-refractivity contribution in [1.82, 2.24) is 25.1 Å². The Bertz CT molecular complexity index is 980. The zero-order valence-corrected chi connectivity index (χ0v) is 18.7. The van der Waals surface area contributed by atoms with Gasteiger partial charge in [-0.2, -0.15) is 9.49 Å². The monoisotopic (exact) mass is 465 g/mol. The number of hydrogen-bond acceptors (Lipinski definition) is 7. The van der Waals surface area contributed by atoms with Crippen LogP contribution in [-0.2, 0) is 0 Å². The van der Waals surface area contributed by atoms with Crippen LogP contribution >= 0.6 is 0 Å². The summed E-state index contributed by atoms with van der Waals surface area (Å²) < 4.78 is 41.9. The molecule has 0 unspecified atom stereocenters. The zero-order valence-electron chi connectivity index (χ0n) is 18.7. The van der Waals surface area contributed by atoms with Crippen molar-refractivity contribution in [3.8, 4) is 0 Å². The van der Waals surface area contributed by atoms with E-state index in [0.29, 0.717) is 48.8 Å². The van der Waals surface area contributed by atoms with Crippen molar-refractivity contribution in [2.75, 3.05) is 43.5 Å². The molecule has 3 fully saturated rings. The van der Waals surface area contributed by atoms with E-state index in [1.54, 1.807) is 6.07 Å². The van der Waals surface area contributed by atoms with Gasteiger partial charge in [0.15, 0.2) is 17.5 Å². The molecule has 1 saturated heterocycles. The lowest BCUT2D eigenvalue weighted by atomic mass is 9.79. The quantitative estimate of drug-likeness (QED) is 0.550. The topological polar surface area (TPSA) is 93.2 Å². The highest BCUT2D eigenvalue weighted by Gasteiger charge is 2.46. The standard InChI is InChI=1S/C22H30F3N7O/c1-31(8-9-33)15-4-6-32(7-5-15)21-18(23)20(27-19(28-21)13-2-3-13)26-17-10-16(29-30-17)14-11-22(24,25)12-14/h10,13-15,33H,2-9,11-12H2,1H3,(H2,26,27,28,29,30). The van der Waals surface area contributed by atoms with Crippen LogP contribution in [0.5, 0.6) is 0 Å². The van der Waals surface area contributed by atoms with Gasteiger partial charge >= 0.3 is 0 Å². The van der Waals surface area contributed by atoms with Crippen LogP contribution in [0.4, 0.5) is 30.6 Å². The number of rotatable bonds is 8. The molecule has 11 heteroatoms. The number of aliphatic hydroxyl groups excluding tert-OH is 1. The fraction of sp³-hybridized carbons (Fsp3) is 0.682. The molecular weight excluding hydrogens is 435 g/mol. The van der Waals surface area contributed by atoms with Gasteiger partial charge in [0.05, 0.1) is 6.61 Å². The average molecular weight is 466 g/mol. The maximum absolute atomic E-state index is 15.5. The van der Waals surface area contributed by atoms with E-state index < -0.39 is 11.7 Å². The van der Waals surface area contributed by atoms with E-state index in [9.17, 15) is 13.9 Å². The number of aliphatic hydroxyl groups is 1. The van der Waals surface area contributed by atoms with Crippen LogP contribution in [0.15, 0.2) is 6.07 Å². The molecule has 3 aliphatic rings. The van der Waals surface area contributed by atoms with Gasteiger partial charge in [-0.3, -0.25) is 5.10 Å². The zero-order chi connectivity index (χ0) is 23.2. The maximum atomic E-state index is 15.5. The van der Waals surface area contributed by atoms with Gasteiger partial charge in [0.2, 0.25) is 11.7 Å². The number of anilines is 3. The second kappa shape index (κ2) is 8.75. The molecule has 3 heterocycles. The molecule has 2 aromatic rings. The Balaban J connectivity index is 1.32. The number of aromatic nitrogens is 4. The minimum Gasteiger partial charge on any atom is -0.395 e. The number of hydrogen-bond donors (Lipinski definition) is 3. The predicted octanol–water partition coefficient (Wildman–Crippen LogP) is 3.37. The van der Waals surface area contributed by atoms with E-state index >= 15 is 4.39 Å². The first-order valence-corrected chi connectivity index (χ1v) is 11.7. The SMILES string of the molecule is CN(CCO)C1CCN(c2nc(C3CC3)nc(Nc3cc(C4CC(F)(F)C4)[nH]n3)c2F)CC1. The van der Waals surface area contributed by atoms with Crippen LogP contribution in [0.25, 0.3) is 0 Å². The van der Waals surface area contributed by atoms with Crippen molar-refractivity contribution in [2.24, 2.45) is 0 Å². The molecule has 0 amide bonds. The second-order valence-corrected chi connectivity index (χ2v) is 9.56. The van der Waals surface area contributed by atoms with Crippen molar-refractivity contribution in [3.05, 3.63) is 23.4 Å². The maximum Gasteiger partial charge on any atom is 0.249 e. The van der Waals surface area contributed by atoms with E-state index in [1.807, 2.05) is 11.9 Å². The highest BCUT2D eigenvalue weighted by molar-refractivity contribution is 5.59. The molecule has 2 saturated carbocycles. The number of piperidine rings is 1. The average Bonchev–Trinajstić information content (AvgIpc) is 3.52.